The quantitative estimate of drug-likeness (QED) is 0.582. The summed E-state index contributed by atoms with van der Waals surface area (Å²) in [6, 6.07) is 9.34. The molecule has 0 amide bonds. The predicted molar refractivity (Wildman–Crippen MR) is 117 cm³/mol. The molecule has 0 radical (unpaired) electrons. The fraction of sp³-hybridized carbons (Fsp3) is 0.682. The van der Waals surface area contributed by atoms with Crippen LogP contribution in [-0.4, -0.2) is 43.7 Å². The normalized spacial score (nSPS) is 29.4. The Morgan fingerprint density at radius 3 is 2.74 bits per heavy atom. The number of guanidine groups is 1. The predicted octanol–water partition coefficient (Wildman–Crippen LogP) is 4.30. The third kappa shape index (κ3) is 5.89. The topological polar surface area (TPSA) is 45.7 Å². The van der Waals surface area contributed by atoms with Gasteiger partial charge in [-0.3, -0.25) is 4.99 Å². The molecule has 1 heterocycles. The summed E-state index contributed by atoms with van der Waals surface area (Å²) < 4.78 is 6.16. The number of aliphatic imine (C=N–C) groups is 1. The Labute approximate surface area is 168 Å². The van der Waals surface area contributed by atoms with Crippen LogP contribution in [0.5, 0.6) is 0 Å². The SMILES string of the molecule is CN=C(NCC1CCCOC1c1ccc(C)cc1)NC1CCCC(SC)C1. The smallest absolute Gasteiger partial charge is 0.191 e. The molecule has 4 nitrogen and oxygen atoms in total. The number of benzene rings is 1. The molecule has 2 N–H and O–H groups in total. The lowest BCUT2D eigenvalue weighted by Crippen LogP contribution is -2.47. The van der Waals surface area contributed by atoms with Gasteiger partial charge in [-0.1, -0.05) is 36.2 Å². The lowest BCUT2D eigenvalue weighted by molar-refractivity contribution is -0.0265. The molecular formula is C22H35N3OS. The molecule has 4 unspecified atom stereocenters. The van der Waals surface area contributed by atoms with Crippen molar-refractivity contribution < 1.29 is 4.74 Å². The van der Waals surface area contributed by atoms with Gasteiger partial charge >= 0.3 is 0 Å². The second-order valence-electron chi connectivity index (χ2n) is 7.92. The summed E-state index contributed by atoms with van der Waals surface area (Å²) in [4.78, 5) is 4.47. The highest BCUT2D eigenvalue weighted by Gasteiger charge is 2.28. The molecule has 1 saturated heterocycles. The van der Waals surface area contributed by atoms with Crippen LogP contribution in [0.2, 0.25) is 0 Å². The molecule has 3 rings (SSSR count). The summed E-state index contributed by atoms with van der Waals surface area (Å²) >= 11 is 2.00. The number of nitrogens with one attached hydrogen (secondary N) is 2. The second-order valence-corrected chi connectivity index (χ2v) is 9.06. The summed E-state index contributed by atoms with van der Waals surface area (Å²) in [6.45, 7) is 3.89. The van der Waals surface area contributed by atoms with Crippen LogP contribution >= 0.6 is 11.8 Å². The minimum atomic E-state index is 0.181. The monoisotopic (exact) mass is 389 g/mol. The standard InChI is InChI=1S/C22H35N3OS/c1-16-9-11-17(12-10-16)21-18(6-5-13-26-21)15-24-22(23-2)25-19-7-4-8-20(14-19)27-3/h9-12,18-21H,4-8,13-15H2,1-3H3,(H2,23,24,25). The third-order valence-corrected chi connectivity index (χ3v) is 7.00. The van der Waals surface area contributed by atoms with Gasteiger partial charge in [0.1, 0.15) is 0 Å². The second kappa shape index (κ2) is 10.4. The van der Waals surface area contributed by atoms with Gasteiger partial charge in [0.15, 0.2) is 5.96 Å². The zero-order valence-electron chi connectivity index (χ0n) is 17.0. The van der Waals surface area contributed by atoms with Gasteiger partial charge < -0.3 is 15.4 Å². The molecule has 0 spiro atoms. The first kappa shape index (κ1) is 20.5. The molecule has 1 aliphatic carbocycles. The maximum absolute atomic E-state index is 6.16. The first-order valence-corrected chi connectivity index (χ1v) is 11.7. The fourth-order valence-corrected chi connectivity index (χ4v) is 5.11. The minimum absolute atomic E-state index is 0.181. The lowest BCUT2D eigenvalue weighted by Gasteiger charge is -2.34. The van der Waals surface area contributed by atoms with E-state index in [2.05, 4.69) is 53.1 Å². The molecule has 27 heavy (non-hydrogen) atoms. The van der Waals surface area contributed by atoms with Crippen molar-refractivity contribution in [1.82, 2.24) is 10.6 Å². The van der Waals surface area contributed by atoms with Gasteiger partial charge in [0.05, 0.1) is 6.10 Å². The van der Waals surface area contributed by atoms with Crippen molar-refractivity contribution >= 4 is 17.7 Å². The molecule has 1 saturated carbocycles. The first-order chi connectivity index (χ1) is 13.2. The molecule has 150 valence electrons. The van der Waals surface area contributed by atoms with Crippen LogP contribution in [0.3, 0.4) is 0 Å². The van der Waals surface area contributed by atoms with Crippen molar-refractivity contribution in [3.63, 3.8) is 0 Å². The van der Waals surface area contributed by atoms with E-state index in [0.717, 1.165) is 30.8 Å². The molecule has 1 aliphatic heterocycles. The zero-order chi connectivity index (χ0) is 19.1. The van der Waals surface area contributed by atoms with Gasteiger partial charge in [0.25, 0.3) is 0 Å². The van der Waals surface area contributed by atoms with Gasteiger partial charge in [0, 0.05) is 37.4 Å². The van der Waals surface area contributed by atoms with Crippen LogP contribution < -0.4 is 10.6 Å². The van der Waals surface area contributed by atoms with Crippen LogP contribution in [0.15, 0.2) is 29.3 Å². The summed E-state index contributed by atoms with van der Waals surface area (Å²) in [5.41, 5.74) is 2.59. The van der Waals surface area contributed by atoms with Gasteiger partial charge in [-0.15, -0.1) is 0 Å². The summed E-state index contributed by atoms with van der Waals surface area (Å²) in [5, 5.41) is 8.02. The van der Waals surface area contributed by atoms with Crippen molar-refractivity contribution in [2.75, 3.05) is 26.5 Å². The first-order valence-electron chi connectivity index (χ1n) is 10.4. The van der Waals surface area contributed by atoms with E-state index in [-0.39, 0.29) is 6.10 Å². The average molecular weight is 390 g/mol. The Kier molecular flexibility index (Phi) is 7.89. The van der Waals surface area contributed by atoms with Crippen molar-refractivity contribution in [3.05, 3.63) is 35.4 Å². The van der Waals surface area contributed by atoms with Crippen molar-refractivity contribution in [3.8, 4) is 0 Å². The van der Waals surface area contributed by atoms with Crippen LogP contribution in [0.4, 0.5) is 0 Å². The Morgan fingerprint density at radius 2 is 2.00 bits per heavy atom. The van der Waals surface area contributed by atoms with E-state index in [1.54, 1.807) is 0 Å². The molecule has 1 aromatic carbocycles. The van der Waals surface area contributed by atoms with E-state index in [1.807, 2.05) is 18.8 Å². The van der Waals surface area contributed by atoms with E-state index in [4.69, 9.17) is 4.74 Å². The number of aryl methyl sites for hydroxylation is 1. The molecule has 1 aromatic rings. The largest absolute Gasteiger partial charge is 0.373 e. The maximum Gasteiger partial charge on any atom is 0.191 e. The van der Waals surface area contributed by atoms with Crippen molar-refractivity contribution in [2.45, 2.75) is 62.8 Å². The van der Waals surface area contributed by atoms with Gasteiger partial charge in [0.2, 0.25) is 0 Å². The molecule has 0 aromatic heterocycles. The van der Waals surface area contributed by atoms with Crippen LogP contribution in [0, 0.1) is 12.8 Å². The Hall–Kier alpha value is -1.20. The van der Waals surface area contributed by atoms with Gasteiger partial charge in [-0.05, 0) is 50.8 Å². The summed E-state index contributed by atoms with van der Waals surface area (Å²) in [6.07, 6.45) is 9.89. The molecule has 4 atom stereocenters. The third-order valence-electron chi connectivity index (χ3n) is 5.91. The number of thioether (sulfide) groups is 1. The van der Waals surface area contributed by atoms with Gasteiger partial charge in [-0.2, -0.15) is 11.8 Å². The van der Waals surface area contributed by atoms with E-state index in [1.165, 1.54) is 43.2 Å². The number of hydrogen-bond acceptors (Lipinski definition) is 3. The maximum atomic E-state index is 6.16. The summed E-state index contributed by atoms with van der Waals surface area (Å²) in [5.74, 6) is 1.42. The Balaban J connectivity index is 1.55. The number of nitrogens with zero attached hydrogens (tertiary/aromatic N) is 1. The van der Waals surface area contributed by atoms with Crippen LogP contribution in [-0.2, 0) is 4.74 Å². The van der Waals surface area contributed by atoms with E-state index in [0.29, 0.717) is 12.0 Å². The number of ether oxygens (including phenoxy) is 1. The Morgan fingerprint density at radius 1 is 1.19 bits per heavy atom. The molecule has 2 fully saturated rings. The lowest BCUT2D eigenvalue weighted by atomic mass is 9.89. The van der Waals surface area contributed by atoms with Crippen LogP contribution in [0.1, 0.15) is 55.8 Å². The fourth-order valence-electron chi connectivity index (χ4n) is 4.28. The Bertz CT molecular complexity index is 604. The molecule has 5 heteroatoms. The summed E-state index contributed by atoms with van der Waals surface area (Å²) in [7, 11) is 1.87. The van der Waals surface area contributed by atoms with Crippen LogP contribution in [0.25, 0.3) is 0 Å². The molecule has 0 bridgehead atoms. The van der Waals surface area contributed by atoms with Gasteiger partial charge in [-0.25, -0.2) is 0 Å². The number of hydrogen-bond donors (Lipinski definition) is 2. The highest BCUT2D eigenvalue weighted by molar-refractivity contribution is 7.99. The number of rotatable bonds is 5. The van der Waals surface area contributed by atoms with E-state index >= 15 is 0 Å². The molecular weight excluding hydrogens is 354 g/mol. The van der Waals surface area contributed by atoms with E-state index in [9.17, 15) is 0 Å². The molecule has 2 aliphatic rings. The van der Waals surface area contributed by atoms with E-state index < -0.39 is 0 Å². The van der Waals surface area contributed by atoms with Crippen molar-refractivity contribution in [2.24, 2.45) is 10.9 Å². The van der Waals surface area contributed by atoms with Crippen molar-refractivity contribution in [1.29, 1.82) is 0 Å². The zero-order valence-corrected chi connectivity index (χ0v) is 17.9. The minimum Gasteiger partial charge on any atom is -0.373 e. The average Bonchev–Trinajstić information content (AvgIpc) is 2.72. The highest BCUT2D eigenvalue weighted by atomic mass is 32.2. The highest BCUT2D eigenvalue weighted by Crippen LogP contribution is 2.33.